The Kier molecular flexibility index (Phi) is 11.6. The van der Waals surface area contributed by atoms with Gasteiger partial charge in [0, 0.05) is 0 Å². The number of rotatable bonds is 13. The van der Waals surface area contributed by atoms with Crippen molar-refractivity contribution in [2.75, 3.05) is 12.4 Å². The van der Waals surface area contributed by atoms with Gasteiger partial charge in [0.2, 0.25) is 0 Å². The third-order valence-corrected chi connectivity index (χ3v) is 8.17. The molecule has 2 unspecified atom stereocenters. The molecule has 5 rings (SSSR count). The highest BCUT2D eigenvalue weighted by Gasteiger charge is 2.50. The number of hydrogen-bond donors (Lipinski definition) is 0. The summed E-state index contributed by atoms with van der Waals surface area (Å²) in [7, 11) is 0. The summed E-state index contributed by atoms with van der Waals surface area (Å²) in [6.07, 6.45) is -2.96. The largest absolute Gasteiger partial charge is 0.459 e. The Balaban J connectivity index is 1.45. The molecule has 228 valence electrons. The smallest absolute Gasteiger partial charge is 0.338 e. The number of carbonyl (C=O) groups excluding carboxylic acids is 2. The number of thioether (sulfide) groups is 1. The molecule has 0 aromatic heterocycles. The maximum atomic E-state index is 13.4. The van der Waals surface area contributed by atoms with Gasteiger partial charge in [-0.2, -0.15) is 0 Å². The van der Waals surface area contributed by atoms with Gasteiger partial charge in [0.05, 0.1) is 24.3 Å². The molecule has 1 saturated heterocycles. The minimum absolute atomic E-state index is 0.0709. The molecule has 0 bridgehead atoms. The maximum absolute atomic E-state index is 13.4. The molecular weight excluding hydrogens is 576 g/mol. The van der Waals surface area contributed by atoms with Crippen molar-refractivity contribution in [1.29, 1.82) is 0 Å². The third-order valence-electron chi connectivity index (χ3n) is 7.13. The molecule has 0 saturated carbocycles. The average Bonchev–Trinajstić information content (AvgIpc) is 3.08. The zero-order valence-electron chi connectivity index (χ0n) is 24.5. The number of ether oxygens (including phenoxy) is 5. The van der Waals surface area contributed by atoms with Crippen LogP contribution in [-0.2, 0) is 36.9 Å². The van der Waals surface area contributed by atoms with Gasteiger partial charge < -0.3 is 23.7 Å². The Hall–Kier alpha value is -3.95. The van der Waals surface area contributed by atoms with Crippen molar-refractivity contribution in [3.05, 3.63) is 144 Å². The molecule has 5 atom stereocenters. The number of benzene rings is 4. The highest BCUT2D eigenvalue weighted by atomic mass is 32.2. The summed E-state index contributed by atoms with van der Waals surface area (Å²) >= 11 is 1.50. The van der Waals surface area contributed by atoms with Crippen LogP contribution in [0, 0.1) is 0 Å². The molecular formula is C36H36O7S. The van der Waals surface area contributed by atoms with Crippen LogP contribution in [0.5, 0.6) is 0 Å². The Morgan fingerprint density at radius 3 is 1.64 bits per heavy atom. The Morgan fingerprint density at radius 2 is 1.11 bits per heavy atom. The van der Waals surface area contributed by atoms with E-state index < -0.39 is 41.8 Å². The summed E-state index contributed by atoms with van der Waals surface area (Å²) in [4.78, 5) is 26.3. The highest BCUT2D eigenvalue weighted by Crippen LogP contribution is 2.35. The molecule has 0 aliphatic carbocycles. The maximum Gasteiger partial charge on any atom is 0.338 e. The summed E-state index contributed by atoms with van der Waals surface area (Å²) in [5.74, 6) is -0.248. The van der Waals surface area contributed by atoms with Crippen molar-refractivity contribution in [3.8, 4) is 0 Å². The zero-order chi connectivity index (χ0) is 30.6. The van der Waals surface area contributed by atoms with E-state index in [-0.39, 0.29) is 19.8 Å². The predicted octanol–water partition coefficient (Wildman–Crippen LogP) is 6.72. The van der Waals surface area contributed by atoms with Crippen molar-refractivity contribution >= 4 is 23.7 Å². The van der Waals surface area contributed by atoms with Crippen LogP contribution in [0.4, 0.5) is 0 Å². The van der Waals surface area contributed by atoms with E-state index in [2.05, 4.69) is 0 Å². The first-order valence-corrected chi connectivity index (χ1v) is 15.7. The molecule has 0 radical (unpaired) electrons. The number of esters is 2. The van der Waals surface area contributed by atoms with Crippen LogP contribution in [0.1, 0.15) is 38.8 Å². The minimum Gasteiger partial charge on any atom is -0.459 e. The molecule has 8 heteroatoms. The standard InChI is InChI=1S/C36H36O7S/c1-2-44-36-33(43-35(38)29-21-13-6-14-22-29)32(40-24-27-17-9-4-10-18-27)31(39-23-26-15-7-3-8-16-26)30(42-36)25-41-34(37)28-19-11-5-12-20-28/h3-22,30-33,36H,2,23-25H2,1H3/t30?,31-,32-,33?,36-/m1/s1. The van der Waals surface area contributed by atoms with E-state index in [1.54, 1.807) is 48.5 Å². The molecule has 44 heavy (non-hydrogen) atoms. The summed E-state index contributed by atoms with van der Waals surface area (Å²) in [6.45, 7) is 2.45. The van der Waals surface area contributed by atoms with Gasteiger partial charge in [-0.15, -0.1) is 11.8 Å². The van der Waals surface area contributed by atoms with Crippen LogP contribution < -0.4 is 0 Å². The first-order valence-electron chi connectivity index (χ1n) is 14.7. The van der Waals surface area contributed by atoms with Gasteiger partial charge in [-0.1, -0.05) is 104 Å². The second kappa shape index (κ2) is 16.2. The van der Waals surface area contributed by atoms with Gasteiger partial charge in [0.25, 0.3) is 0 Å². The molecule has 1 aliphatic heterocycles. The molecule has 1 fully saturated rings. The molecule has 1 aliphatic rings. The lowest BCUT2D eigenvalue weighted by Gasteiger charge is -2.45. The lowest BCUT2D eigenvalue weighted by molar-refractivity contribution is -0.239. The van der Waals surface area contributed by atoms with E-state index in [0.717, 1.165) is 11.1 Å². The molecule has 0 spiro atoms. The summed E-state index contributed by atoms with van der Waals surface area (Å²) in [6, 6.07) is 37.2. The first-order chi connectivity index (χ1) is 21.6. The Morgan fingerprint density at radius 1 is 0.636 bits per heavy atom. The average molecular weight is 613 g/mol. The molecule has 0 N–H and O–H groups in total. The fraction of sp³-hybridized carbons (Fsp3) is 0.278. The van der Waals surface area contributed by atoms with Crippen LogP contribution >= 0.6 is 11.8 Å². The van der Waals surface area contributed by atoms with Crippen LogP contribution in [0.3, 0.4) is 0 Å². The van der Waals surface area contributed by atoms with Crippen LogP contribution in [-0.4, -0.2) is 54.2 Å². The molecule has 0 amide bonds. The van der Waals surface area contributed by atoms with Gasteiger partial charge in [-0.3, -0.25) is 0 Å². The van der Waals surface area contributed by atoms with Crippen LogP contribution in [0.15, 0.2) is 121 Å². The number of hydrogen-bond acceptors (Lipinski definition) is 8. The molecule has 4 aromatic carbocycles. The van der Waals surface area contributed by atoms with Crippen LogP contribution in [0.2, 0.25) is 0 Å². The minimum atomic E-state index is -0.807. The van der Waals surface area contributed by atoms with Crippen molar-refractivity contribution in [3.63, 3.8) is 0 Å². The lowest BCUT2D eigenvalue weighted by atomic mass is 9.98. The van der Waals surface area contributed by atoms with Crippen molar-refractivity contribution in [2.45, 2.75) is 50.0 Å². The normalized spacial score (nSPS) is 21.3. The molecule has 1 heterocycles. The molecule has 4 aromatic rings. The van der Waals surface area contributed by atoms with Crippen LogP contribution in [0.25, 0.3) is 0 Å². The highest BCUT2D eigenvalue weighted by molar-refractivity contribution is 7.99. The van der Waals surface area contributed by atoms with E-state index in [1.165, 1.54) is 11.8 Å². The summed E-state index contributed by atoms with van der Waals surface area (Å²) < 4.78 is 31.6. The van der Waals surface area contributed by atoms with Crippen molar-refractivity contribution in [1.82, 2.24) is 0 Å². The second-order valence-corrected chi connectivity index (χ2v) is 11.6. The van der Waals surface area contributed by atoms with Gasteiger partial charge in [0.1, 0.15) is 30.4 Å². The SMILES string of the molecule is CCS[C@H]1OC(COC(=O)c2ccccc2)[C@@H](OCc2ccccc2)[C@@H](OCc2ccccc2)C1OC(=O)c1ccccc1. The van der Waals surface area contributed by atoms with Gasteiger partial charge >= 0.3 is 11.9 Å². The van der Waals surface area contributed by atoms with E-state index in [4.69, 9.17) is 23.7 Å². The topological polar surface area (TPSA) is 80.3 Å². The van der Waals surface area contributed by atoms with E-state index >= 15 is 0 Å². The third kappa shape index (κ3) is 8.57. The summed E-state index contributed by atoms with van der Waals surface area (Å²) in [5.41, 5.74) is 2.19. The molecule has 7 nitrogen and oxygen atoms in total. The van der Waals surface area contributed by atoms with E-state index in [0.29, 0.717) is 16.9 Å². The first kappa shape index (κ1) is 31.5. The van der Waals surface area contributed by atoms with Gasteiger partial charge in [-0.05, 0) is 41.1 Å². The fourth-order valence-electron chi connectivity index (χ4n) is 4.94. The van der Waals surface area contributed by atoms with E-state index in [9.17, 15) is 9.59 Å². The lowest BCUT2D eigenvalue weighted by Crippen LogP contribution is -2.61. The quantitative estimate of drug-likeness (QED) is 0.154. The number of carbonyl (C=O) groups is 2. The van der Waals surface area contributed by atoms with E-state index in [1.807, 2.05) is 79.7 Å². The Bertz CT molecular complexity index is 1440. The van der Waals surface area contributed by atoms with Gasteiger partial charge in [-0.25, -0.2) is 9.59 Å². The zero-order valence-corrected chi connectivity index (χ0v) is 25.3. The monoisotopic (exact) mass is 612 g/mol. The summed E-state index contributed by atoms with van der Waals surface area (Å²) in [5, 5.41) is 0. The predicted molar refractivity (Wildman–Crippen MR) is 169 cm³/mol. The van der Waals surface area contributed by atoms with Crippen molar-refractivity contribution in [2.24, 2.45) is 0 Å². The van der Waals surface area contributed by atoms with Gasteiger partial charge in [0.15, 0.2) is 6.10 Å². The van der Waals surface area contributed by atoms with Crippen molar-refractivity contribution < 1.29 is 33.3 Å². The second-order valence-electron chi connectivity index (χ2n) is 10.2. The Labute approximate surface area is 262 Å². The fourth-order valence-corrected chi connectivity index (χ4v) is 5.89.